The number of carbonyl (C=O) groups is 3. The van der Waals surface area contributed by atoms with Crippen LogP contribution in [0.3, 0.4) is 0 Å². The quantitative estimate of drug-likeness (QED) is 0.0261. The Balaban J connectivity index is 4.32. The molecule has 6 nitrogen and oxygen atoms in total. The van der Waals surface area contributed by atoms with Crippen molar-refractivity contribution < 1.29 is 28.6 Å². The summed E-state index contributed by atoms with van der Waals surface area (Å²) in [5, 5.41) is 0. The summed E-state index contributed by atoms with van der Waals surface area (Å²) in [5.74, 6) is -0.884. The molecule has 0 bridgehead atoms. The molecule has 6 heteroatoms. The van der Waals surface area contributed by atoms with Crippen LogP contribution in [-0.4, -0.2) is 37.2 Å². The Kier molecular flexibility index (Phi) is 64.8. The van der Waals surface area contributed by atoms with Crippen molar-refractivity contribution >= 4 is 17.9 Å². The molecule has 0 aromatic heterocycles. The van der Waals surface area contributed by atoms with Crippen molar-refractivity contribution in [2.24, 2.45) is 0 Å². The van der Waals surface area contributed by atoms with Gasteiger partial charge in [-0.1, -0.05) is 309 Å². The van der Waals surface area contributed by atoms with Gasteiger partial charge in [0, 0.05) is 19.3 Å². The zero-order valence-electron chi connectivity index (χ0n) is 53.0. The first-order valence-corrected chi connectivity index (χ1v) is 34.0. The monoisotopic (exact) mass is 1120 g/mol. The van der Waals surface area contributed by atoms with E-state index >= 15 is 0 Å². The number of allylic oxidation sites excluding steroid dienone is 20. The molecule has 0 amide bonds. The summed E-state index contributed by atoms with van der Waals surface area (Å²) in [5.41, 5.74) is 0. The van der Waals surface area contributed by atoms with Gasteiger partial charge in [-0.3, -0.25) is 14.4 Å². The van der Waals surface area contributed by atoms with Gasteiger partial charge >= 0.3 is 17.9 Å². The van der Waals surface area contributed by atoms with Gasteiger partial charge in [0.2, 0.25) is 0 Å². The molecule has 0 aromatic rings. The molecule has 0 radical (unpaired) electrons. The molecule has 0 saturated carbocycles. The van der Waals surface area contributed by atoms with E-state index in [-0.39, 0.29) is 31.1 Å². The highest BCUT2D eigenvalue weighted by Gasteiger charge is 2.19. The van der Waals surface area contributed by atoms with Gasteiger partial charge in [-0.15, -0.1) is 0 Å². The van der Waals surface area contributed by atoms with Crippen molar-refractivity contribution in [2.75, 3.05) is 13.2 Å². The second-order valence-corrected chi connectivity index (χ2v) is 22.3. The molecule has 1 unspecified atom stereocenters. The normalized spacial score (nSPS) is 12.9. The number of esters is 3. The fourth-order valence-corrected chi connectivity index (χ4v) is 9.44. The zero-order chi connectivity index (χ0) is 58.5. The van der Waals surface area contributed by atoms with E-state index in [9.17, 15) is 14.4 Å². The van der Waals surface area contributed by atoms with Gasteiger partial charge in [0.15, 0.2) is 6.10 Å². The molecule has 0 saturated heterocycles. The summed E-state index contributed by atoms with van der Waals surface area (Å²) in [6.07, 6.45) is 94.9. The van der Waals surface area contributed by atoms with Crippen LogP contribution >= 0.6 is 0 Å². The molecule has 0 N–H and O–H groups in total. The Morgan fingerprint density at radius 3 is 0.753 bits per heavy atom. The van der Waals surface area contributed by atoms with E-state index in [0.717, 1.165) is 128 Å². The van der Waals surface area contributed by atoms with Crippen LogP contribution < -0.4 is 0 Å². The SMILES string of the molecule is CC/C=C\C/C=C\C/C=C\C/C=C\C/C=C\C/C=C\CCCCCCCCCCCCC(=O)OCC(COC(=O)CCCCCCCCCCCCCCC)OC(=O)CCCCCCCCCC/C=C\C/C=C\C/C=C\C/C=C\CC. The summed E-state index contributed by atoms with van der Waals surface area (Å²) in [6, 6.07) is 0. The number of carbonyl (C=O) groups excluding carboxylic acids is 3. The first kappa shape index (κ1) is 76.8. The van der Waals surface area contributed by atoms with Crippen LogP contribution in [0.5, 0.6) is 0 Å². The third kappa shape index (κ3) is 66.5. The lowest BCUT2D eigenvalue weighted by molar-refractivity contribution is -0.167. The lowest BCUT2D eigenvalue weighted by atomic mass is 10.0. The third-order valence-corrected chi connectivity index (χ3v) is 14.5. The molecule has 0 spiro atoms. The average molecular weight is 1120 g/mol. The van der Waals surface area contributed by atoms with Crippen molar-refractivity contribution in [3.05, 3.63) is 122 Å². The fraction of sp³-hybridized carbons (Fsp3) is 0.693. The van der Waals surface area contributed by atoms with E-state index in [2.05, 4.69) is 142 Å². The maximum Gasteiger partial charge on any atom is 0.306 e. The lowest BCUT2D eigenvalue weighted by Crippen LogP contribution is -2.30. The van der Waals surface area contributed by atoms with Crippen LogP contribution in [0.4, 0.5) is 0 Å². The van der Waals surface area contributed by atoms with Crippen LogP contribution in [-0.2, 0) is 28.6 Å². The van der Waals surface area contributed by atoms with E-state index < -0.39 is 6.10 Å². The molecule has 0 aliphatic carbocycles. The fourth-order valence-electron chi connectivity index (χ4n) is 9.44. The largest absolute Gasteiger partial charge is 0.462 e. The van der Waals surface area contributed by atoms with Crippen molar-refractivity contribution in [1.82, 2.24) is 0 Å². The predicted octanol–water partition coefficient (Wildman–Crippen LogP) is 23.6. The predicted molar refractivity (Wildman–Crippen MR) is 353 cm³/mol. The van der Waals surface area contributed by atoms with Crippen molar-refractivity contribution in [3.63, 3.8) is 0 Å². The number of rotatable bonds is 61. The molecule has 0 aliphatic heterocycles. The summed E-state index contributed by atoms with van der Waals surface area (Å²) in [4.78, 5) is 38.4. The second kappa shape index (κ2) is 68.3. The van der Waals surface area contributed by atoms with Crippen LogP contribution in [0, 0.1) is 0 Å². The van der Waals surface area contributed by atoms with Gasteiger partial charge in [0.1, 0.15) is 13.2 Å². The Hall–Kier alpha value is -4.19. The smallest absolute Gasteiger partial charge is 0.306 e. The molecule has 1 atom stereocenters. The number of ether oxygens (including phenoxy) is 3. The van der Waals surface area contributed by atoms with Crippen LogP contribution in [0.1, 0.15) is 316 Å². The highest BCUT2D eigenvalue weighted by atomic mass is 16.6. The summed E-state index contributed by atoms with van der Waals surface area (Å²) >= 11 is 0. The molecule has 0 rings (SSSR count). The number of unbranched alkanes of at least 4 members (excludes halogenated alkanes) is 30. The third-order valence-electron chi connectivity index (χ3n) is 14.5. The lowest BCUT2D eigenvalue weighted by Gasteiger charge is -2.18. The minimum absolute atomic E-state index is 0.0813. The maximum absolute atomic E-state index is 12.9. The zero-order valence-corrected chi connectivity index (χ0v) is 53.0. The topological polar surface area (TPSA) is 78.9 Å². The van der Waals surface area contributed by atoms with Gasteiger partial charge in [-0.2, -0.15) is 0 Å². The van der Waals surface area contributed by atoms with E-state index in [0.29, 0.717) is 19.3 Å². The van der Waals surface area contributed by atoms with E-state index in [1.165, 1.54) is 148 Å². The first-order chi connectivity index (χ1) is 40.0. The summed E-state index contributed by atoms with van der Waals surface area (Å²) in [6.45, 7) is 6.43. The van der Waals surface area contributed by atoms with Crippen molar-refractivity contribution in [1.29, 1.82) is 0 Å². The molecule has 0 aliphatic rings. The Morgan fingerprint density at radius 1 is 0.259 bits per heavy atom. The minimum Gasteiger partial charge on any atom is -0.462 e. The van der Waals surface area contributed by atoms with Crippen LogP contribution in [0.25, 0.3) is 0 Å². The second-order valence-electron chi connectivity index (χ2n) is 22.3. The van der Waals surface area contributed by atoms with Crippen molar-refractivity contribution in [3.8, 4) is 0 Å². The standard InChI is InChI=1S/C75H126O6/c1-4-7-10-13-16-19-22-25-27-29-31-33-34-35-36-37-38-39-40-42-43-45-47-50-53-56-59-62-65-68-74(77)80-71-72(70-79-73(76)67-64-61-58-55-52-49-24-21-18-15-12-9-6-3)81-75(78)69-66-63-60-57-54-51-48-46-44-41-32-30-28-26-23-20-17-14-11-8-5-2/h7-8,10-11,16-17,19-20,25-28,31-33,35-36,38-39,41,72H,4-6,9,12-15,18,21-24,29-30,34,37,40,42-71H2,1-3H3/b10-7-,11-8-,19-16-,20-17-,27-25-,28-26-,33-31-,36-35-,39-38-,41-32-. The maximum atomic E-state index is 12.9. The van der Waals surface area contributed by atoms with Gasteiger partial charge in [0.05, 0.1) is 0 Å². The molecular formula is C75H126O6. The Labute approximate surface area is 501 Å². The Bertz CT molecular complexity index is 1670. The van der Waals surface area contributed by atoms with Gasteiger partial charge in [-0.25, -0.2) is 0 Å². The van der Waals surface area contributed by atoms with Gasteiger partial charge in [0.25, 0.3) is 0 Å². The molecule has 81 heavy (non-hydrogen) atoms. The first-order valence-electron chi connectivity index (χ1n) is 34.0. The molecule has 462 valence electrons. The number of hydrogen-bond acceptors (Lipinski definition) is 6. The van der Waals surface area contributed by atoms with Crippen LogP contribution in [0.15, 0.2) is 122 Å². The minimum atomic E-state index is -0.787. The van der Waals surface area contributed by atoms with E-state index in [1.807, 2.05) is 0 Å². The number of hydrogen-bond donors (Lipinski definition) is 0. The van der Waals surface area contributed by atoms with Gasteiger partial charge < -0.3 is 14.2 Å². The summed E-state index contributed by atoms with van der Waals surface area (Å²) in [7, 11) is 0. The van der Waals surface area contributed by atoms with Crippen molar-refractivity contribution in [2.45, 2.75) is 322 Å². The summed E-state index contributed by atoms with van der Waals surface area (Å²) < 4.78 is 17.0. The van der Waals surface area contributed by atoms with Gasteiger partial charge in [-0.05, 0) is 109 Å². The molecule has 0 aromatic carbocycles. The molecule has 0 fully saturated rings. The van der Waals surface area contributed by atoms with E-state index in [4.69, 9.17) is 14.2 Å². The highest BCUT2D eigenvalue weighted by molar-refractivity contribution is 5.71. The highest BCUT2D eigenvalue weighted by Crippen LogP contribution is 2.17. The molecular weight excluding hydrogens is 997 g/mol. The van der Waals surface area contributed by atoms with E-state index in [1.54, 1.807) is 0 Å². The van der Waals surface area contributed by atoms with Crippen LogP contribution in [0.2, 0.25) is 0 Å². The Morgan fingerprint density at radius 2 is 0.481 bits per heavy atom. The molecule has 0 heterocycles. The average Bonchev–Trinajstić information content (AvgIpc) is 3.46.